The zero-order valence-electron chi connectivity index (χ0n) is 14.8. The smallest absolute Gasteiger partial charge is 0.251 e. The van der Waals surface area contributed by atoms with E-state index in [4.69, 9.17) is 4.52 Å². The highest BCUT2D eigenvalue weighted by Gasteiger charge is 2.13. The van der Waals surface area contributed by atoms with Crippen LogP contribution in [0.3, 0.4) is 0 Å². The number of hydrogen-bond donors (Lipinski definition) is 1. The molecule has 0 aliphatic rings. The van der Waals surface area contributed by atoms with Gasteiger partial charge in [0.05, 0.1) is 17.0 Å². The monoisotopic (exact) mass is 353 g/mol. The highest BCUT2D eigenvalue weighted by atomic mass is 16.5. The van der Waals surface area contributed by atoms with Crippen molar-refractivity contribution in [1.82, 2.24) is 25.0 Å². The van der Waals surface area contributed by atoms with Gasteiger partial charge in [-0.2, -0.15) is 0 Å². The standard InChI is InChI=1S/C18H19N5O3/c1-11-8-16(26-22-11)14-10-20-12(2)21-15(14)4-6-19-18(25)13-5-7-23(3)17(24)9-13/h5,7-10H,4,6H2,1-3H3,(H,19,25). The minimum absolute atomic E-state index is 0.230. The van der Waals surface area contributed by atoms with E-state index in [1.165, 1.54) is 10.6 Å². The molecule has 0 saturated carbocycles. The van der Waals surface area contributed by atoms with Crippen LogP contribution in [0, 0.1) is 13.8 Å². The SMILES string of the molecule is Cc1cc(-c2cnc(C)nc2CCNC(=O)c2ccn(C)c(=O)c2)on1. The fourth-order valence-electron chi connectivity index (χ4n) is 2.49. The van der Waals surface area contributed by atoms with Crippen LogP contribution in [0.1, 0.15) is 27.6 Å². The third-order valence-electron chi connectivity index (χ3n) is 3.90. The number of amides is 1. The molecule has 0 aromatic carbocycles. The van der Waals surface area contributed by atoms with Gasteiger partial charge in [-0.3, -0.25) is 9.59 Å². The largest absolute Gasteiger partial charge is 0.356 e. The summed E-state index contributed by atoms with van der Waals surface area (Å²) >= 11 is 0. The molecule has 3 rings (SSSR count). The first-order chi connectivity index (χ1) is 12.4. The first kappa shape index (κ1) is 17.5. The molecular formula is C18H19N5O3. The number of aromatic nitrogens is 4. The average Bonchev–Trinajstić information content (AvgIpc) is 3.03. The molecule has 0 saturated heterocycles. The van der Waals surface area contributed by atoms with Crippen LogP contribution < -0.4 is 10.9 Å². The van der Waals surface area contributed by atoms with E-state index in [2.05, 4.69) is 20.4 Å². The maximum absolute atomic E-state index is 12.2. The van der Waals surface area contributed by atoms with Crippen molar-refractivity contribution in [1.29, 1.82) is 0 Å². The van der Waals surface area contributed by atoms with E-state index in [0.29, 0.717) is 30.1 Å². The average molecular weight is 353 g/mol. The normalized spacial score (nSPS) is 10.7. The van der Waals surface area contributed by atoms with E-state index in [1.807, 2.05) is 13.0 Å². The molecule has 0 fully saturated rings. The second kappa shape index (κ2) is 7.30. The topological polar surface area (TPSA) is 103 Å². The zero-order chi connectivity index (χ0) is 18.7. The number of carbonyl (C=O) groups excluding carboxylic acids is 1. The van der Waals surface area contributed by atoms with Crippen molar-refractivity contribution < 1.29 is 9.32 Å². The van der Waals surface area contributed by atoms with Crippen molar-refractivity contribution >= 4 is 5.91 Å². The third kappa shape index (κ3) is 3.85. The number of pyridine rings is 1. The van der Waals surface area contributed by atoms with E-state index in [-0.39, 0.29) is 11.5 Å². The van der Waals surface area contributed by atoms with E-state index in [0.717, 1.165) is 17.0 Å². The fourth-order valence-corrected chi connectivity index (χ4v) is 2.49. The van der Waals surface area contributed by atoms with Gasteiger partial charge in [-0.25, -0.2) is 9.97 Å². The van der Waals surface area contributed by atoms with Crippen LogP contribution in [-0.4, -0.2) is 32.1 Å². The maximum Gasteiger partial charge on any atom is 0.251 e. The first-order valence-corrected chi connectivity index (χ1v) is 8.15. The molecular weight excluding hydrogens is 334 g/mol. The van der Waals surface area contributed by atoms with Crippen molar-refractivity contribution in [2.24, 2.45) is 7.05 Å². The Balaban J connectivity index is 1.71. The lowest BCUT2D eigenvalue weighted by Gasteiger charge is -2.08. The molecule has 3 aromatic heterocycles. The summed E-state index contributed by atoms with van der Waals surface area (Å²) in [7, 11) is 1.63. The zero-order valence-corrected chi connectivity index (χ0v) is 14.8. The number of rotatable bonds is 5. The molecule has 0 unspecified atom stereocenters. The lowest BCUT2D eigenvalue weighted by molar-refractivity contribution is 0.0954. The predicted molar refractivity (Wildman–Crippen MR) is 94.7 cm³/mol. The van der Waals surface area contributed by atoms with Crippen molar-refractivity contribution in [3.05, 3.63) is 63.7 Å². The summed E-state index contributed by atoms with van der Waals surface area (Å²) in [5.41, 5.74) is 2.38. The van der Waals surface area contributed by atoms with Crippen LogP contribution >= 0.6 is 0 Å². The summed E-state index contributed by atoms with van der Waals surface area (Å²) in [6.07, 6.45) is 3.75. The Morgan fingerprint density at radius 3 is 2.81 bits per heavy atom. The molecule has 8 heteroatoms. The third-order valence-corrected chi connectivity index (χ3v) is 3.90. The molecule has 0 spiro atoms. The molecule has 134 valence electrons. The summed E-state index contributed by atoms with van der Waals surface area (Å²) < 4.78 is 6.71. The fraction of sp³-hybridized carbons (Fsp3) is 0.278. The van der Waals surface area contributed by atoms with Crippen molar-refractivity contribution in [2.75, 3.05) is 6.54 Å². The van der Waals surface area contributed by atoms with Gasteiger partial charge in [-0.1, -0.05) is 5.16 Å². The Morgan fingerprint density at radius 1 is 1.31 bits per heavy atom. The molecule has 1 N–H and O–H groups in total. The molecule has 8 nitrogen and oxygen atoms in total. The summed E-state index contributed by atoms with van der Waals surface area (Å²) in [6, 6.07) is 4.73. The van der Waals surface area contributed by atoms with Crippen LogP contribution in [-0.2, 0) is 13.5 Å². The van der Waals surface area contributed by atoms with Crippen LogP contribution in [0.2, 0.25) is 0 Å². The molecule has 1 amide bonds. The van der Waals surface area contributed by atoms with Gasteiger partial charge in [0.25, 0.3) is 11.5 Å². The van der Waals surface area contributed by atoms with Crippen LogP contribution in [0.15, 0.2) is 39.9 Å². The summed E-state index contributed by atoms with van der Waals surface area (Å²) in [5, 5.41) is 6.69. The lowest BCUT2D eigenvalue weighted by atomic mass is 10.1. The first-order valence-electron chi connectivity index (χ1n) is 8.15. The van der Waals surface area contributed by atoms with Gasteiger partial charge in [0.1, 0.15) is 5.82 Å². The van der Waals surface area contributed by atoms with Crippen molar-refractivity contribution in [3.8, 4) is 11.3 Å². The molecule has 0 atom stereocenters. The number of aryl methyl sites for hydroxylation is 3. The highest BCUT2D eigenvalue weighted by molar-refractivity contribution is 5.93. The number of nitrogens with one attached hydrogen (secondary N) is 1. The predicted octanol–water partition coefficient (Wildman–Crippen LogP) is 1.42. The van der Waals surface area contributed by atoms with Gasteiger partial charge in [0.15, 0.2) is 5.76 Å². The maximum atomic E-state index is 12.2. The Morgan fingerprint density at radius 2 is 2.12 bits per heavy atom. The van der Waals surface area contributed by atoms with E-state index in [1.54, 1.807) is 32.4 Å². The van der Waals surface area contributed by atoms with Gasteiger partial charge in [-0.05, 0) is 19.9 Å². The van der Waals surface area contributed by atoms with Gasteiger partial charge in [0, 0.05) is 50.1 Å². The molecule has 3 heterocycles. The van der Waals surface area contributed by atoms with Gasteiger partial charge < -0.3 is 14.4 Å². The quantitative estimate of drug-likeness (QED) is 0.744. The Bertz CT molecular complexity index is 1010. The number of hydrogen-bond acceptors (Lipinski definition) is 6. The van der Waals surface area contributed by atoms with Crippen LogP contribution in [0.4, 0.5) is 0 Å². The Kier molecular flexibility index (Phi) is 4.92. The second-order valence-electron chi connectivity index (χ2n) is 5.98. The lowest BCUT2D eigenvalue weighted by Crippen LogP contribution is -2.28. The van der Waals surface area contributed by atoms with E-state index < -0.39 is 0 Å². The van der Waals surface area contributed by atoms with Crippen molar-refractivity contribution in [3.63, 3.8) is 0 Å². The number of nitrogens with zero attached hydrogens (tertiary/aromatic N) is 4. The highest BCUT2D eigenvalue weighted by Crippen LogP contribution is 2.22. The summed E-state index contributed by atoms with van der Waals surface area (Å²) in [5.74, 6) is 0.929. The van der Waals surface area contributed by atoms with E-state index >= 15 is 0 Å². The van der Waals surface area contributed by atoms with Gasteiger partial charge >= 0.3 is 0 Å². The minimum Gasteiger partial charge on any atom is -0.356 e. The molecule has 3 aromatic rings. The Hall–Kier alpha value is -3.29. The van der Waals surface area contributed by atoms with Crippen LogP contribution in [0.25, 0.3) is 11.3 Å². The van der Waals surface area contributed by atoms with E-state index in [9.17, 15) is 9.59 Å². The van der Waals surface area contributed by atoms with Crippen molar-refractivity contribution in [2.45, 2.75) is 20.3 Å². The van der Waals surface area contributed by atoms with Gasteiger partial charge in [0.2, 0.25) is 0 Å². The molecule has 0 bridgehead atoms. The van der Waals surface area contributed by atoms with Gasteiger partial charge in [-0.15, -0.1) is 0 Å². The molecule has 0 aliphatic carbocycles. The Labute approximate surface area is 149 Å². The summed E-state index contributed by atoms with van der Waals surface area (Å²) in [4.78, 5) is 32.5. The van der Waals surface area contributed by atoms with Crippen LogP contribution in [0.5, 0.6) is 0 Å². The molecule has 0 radical (unpaired) electrons. The second-order valence-corrected chi connectivity index (χ2v) is 5.98. The molecule has 0 aliphatic heterocycles. The molecule has 26 heavy (non-hydrogen) atoms. The summed E-state index contributed by atoms with van der Waals surface area (Å²) in [6.45, 7) is 4.01. The minimum atomic E-state index is -0.300. The number of carbonyl (C=O) groups is 1.